The van der Waals surface area contributed by atoms with Crippen LogP contribution in [0.4, 0.5) is 0 Å². The molecule has 1 unspecified atom stereocenters. The van der Waals surface area contributed by atoms with E-state index in [0.717, 1.165) is 0 Å². The van der Waals surface area contributed by atoms with E-state index in [1.54, 1.807) is 0 Å². The van der Waals surface area contributed by atoms with Crippen LogP contribution in [0.15, 0.2) is 24.3 Å². The van der Waals surface area contributed by atoms with Gasteiger partial charge in [0.05, 0.1) is 11.8 Å². The lowest BCUT2D eigenvalue weighted by atomic mass is 9.71. The summed E-state index contributed by atoms with van der Waals surface area (Å²) in [6.45, 7) is 2.00. The van der Waals surface area contributed by atoms with E-state index < -0.39 is 0 Å². The molecule has 2 aliphatic rings. The molecule has 0 radical (unpaired) electrons. The second-order valence-corrected chi connectivity index (χ2v) is 4.56. The van der Waals surface area contributed by atoms with Crippen LogP contribution in [0.2, 0.25) is 0 Å². The molecule has 1 aliphatic carbocycles. The second kappa shape index (κ2) is 3.17. The average Bonchev–Trinajstić information content (AvgIpc) is 2.55. The molecule has 3 rings (SSSR count). The van der Waals surface area contributed by atoms with E-state index in [4.69, 9.17) is 4.74 Å². The van der Waals surface area contributed by atoms with Crippen molar-refractivity contribution in [2.75, 3.05) is 0 Å². The number of hydrogen-bond donors (Lipinski definition) is 0. The zero-order valence-corrected chi connectivity index (χ0v) is 8.97. The highest BCUT2D eigenvalue weighted by atomic mass is 16.6. The number of hydrogen-bond acceptors (Lipinski definition) is 3. The molecular formula is C13H12O3. The molecular weight excluding hydrogens is 204 g/mol. The maximum atomic E-state index is 11.6. The molecule has 3 atom stereocenters. The van der Waals surface area contributed by atoms with Gasteiger partial charge >= 0.3 is 11.9 Å². The zero-order valence-electron chi connectivity index (χ0n) is 8.97. The fraction of sp³-hybridized carbons (Fsp3) is 0.385. The molecule has 82 valence electrons. The Balaban J connectivity index is 2.10. The van der Waals surface area contributed by atoms with Gasteiger partial charge in [0.1, 0.15) is 0 Å². The van der Waals surface area contributed by atoms with Crippen molar-refractivity contribution >= 4 is 11.9 Å². The zero-order chi connectivity index (χ0) is 11.3. The minimum Gasteiger partial charge on any atom is -0.393 e. The number of carbonyl (C=O) groups excluding carboxylic acids is 2. The number of fused-ring (bicyclic) bond motifs is 2. The molecule has 16 heavy (non-hydrogen) atoms. The molecule has 0 bridgehead atoms. The van der Waals surface area contributed by atoms with E-state index in [0.29, 0.717) is 6.42 Å². The molecule has 1 aromatic carbocycles. The Morgan fingerprint density at radius 3 is 2.75 bits per heavy atom. The van der Waals surface area contributed by atoms with Gasteiger partial charge in [-0.2, -0.15) is 0 Å². The Morgan fingerprint density at radius 2 is 1.94 bits per heavy atom. The lowest BCUT2D eigenvalue weighted by Gasteiger charge is -2.29. The van der Waals surface area contributed by atoms with Crippen LogP contribution in [0.5, 0.6) is 0 Å². The Kier molecular flexibility index (Phi) is 1.90. The van der Waals surface area contributed by atoms with Crippen LogP contribution in [0, 0.1) is 11.8 Å². The highest BCUT2D eigenvalue weighted by Gasteiger charge is 2.50. The molecule has 0 saturated carbocycles. The van der Waals surface area contributed by atoms with Crippen molar-refractivity contribution in [1.82, 2.24) is 0 Å². The van der Waals surface area contributed by atoms with Crippen LogP contribution in [-0.2, 0) is 20.7 Å². The fourth-order valence-corrected chi connectivity index (χ4v) is 2.91. The first-order chi connectivity index (χ1) is 7.68. The van der Waals surface area contributed by atoms with Gasteiger partial charge in [-0.05, 0) is 23.5 Å². The van der Waals surface area contributed by atoms with Crippen molar-refractivity contribution in [3.63, 3.8) is 0 Å². The van der Waals surface area contributed by atoms with Gasteiger partial charge in [0.2, 0.25) is 0 Å². The van der Waals surface area contributed by atoms with Gasteiger partial charge in [-0.15, -0.1) is 0 Å². The van der Waals surface area contributed by atoms with E-state index in [9.17, 15) is 9.59 Å². The fourth-order valence-electron chi connectivity index (χ4n) is 2.91. The van der Waals surface area contributed by atoms with Crippen LogP contribution in [0.1, 0.15) is 24.0 Å². The van der Waals surface area contributed by atoms with E-state index in [1.165, 1.54) is 11.1 Å². The van der Waals surface area contributed by atoms with E-state index >= 15 is 0 Å². The molecule has 0 amide bonds. The predicted octanol–water partition coefficient (Wildman–Crippen LogP) is 1.66. The third-order valence-corrected chi connectivity index (χ3v) is 3.73. The molecule has 1 fully saturated rings. The van der Waals surface area contributed by atoms with E-state index in [-0.39, 0.29) is 29.7 Å². The Bertz CT molecular complexity index is 478. The monoisotopic (exact) mass is 216 g/mol. The average molecular weight is 216 g/mol. The van der Waals surface area contributed by atoms with Crippen LogP contribution in [0.25, 0.3) is 0 Å². The number of cyclic esters (lactones) is 2. The lowest BCUT2D eigenvalue weighted by molar-refractivity contribution is -0.153. The maximum Gasteiger partial charge on any atom is 0.318 e. The molecule has 0 spiro atoms. The van der Waals surface area contributed by atoms with Gasteiger partial charge in [0.15, 0.2) is 0 Å². The summed E-state index contributed by atoms with van der Waals surface area (Å²) in [4.78, 5) is 23.1. The van der Waals surface area contributed by atoms with Crippen LogP contribution >= 0.6 is 0 Å². The molecule has 0 aromatic heterocycles. The smallest absolute Gasteiger partial charge is 0.318 e. The minimum absolute atomic E-state index is 0.0777. The van der Waals surface area contributed by atoms with Crippen LogP contribution in [-0.4, -0.2) is 11.9 Å². The van der Waals surface area contributed by atoms with Crippen LogP contribution in [0.3, 0.4) is 0 Å². The number of rotatable bonds is 0. The largest absolute Gasteiger partial charge is 0.393 e. The summed E-state index contributed by atoms with van der Waals surface area (Å²) in [6, 6.07) is 8.00. The van der Waals surface area contributed by atoms with Crippen molar-refractivity contribution in [1.29, 1.82) is 0 Å². The van der Waals surface area contributed by atoms with Gasteiger partial charge in [-0.3, -0.25) is 9.59 Å². The van der Waals surface area contributed by atoms with Crippen molar-refractivity contribution in [3.8, 4) is 0 Å². The van der Waals surface area contributed by atoms with Crippen molar-refractivity contribution < 1.29 is 14.3 Å². The van der Waals surface area contributed by atoms with Gasteiger partial charge < -0.3 is 4.74 Å². The first-order valence-corrected chi connectivity index (χ1v) is 5.52. The SMILES string of the molecule is CC1c2ccccc2C[C@@H]2C(=O)OC(=O)[C@H]12. The van der Waals surface area contributed by atoms with Gasteiger partial charge in [-0.25, -0.2) is 0 Å². The molecule has 3 nitrogen and oxygen atoms in total. The van der Waals surface area contributed by atoms with Gasteiger partial charge in [0.25, 0.3) is 0 Å². The Morgan fingerprint density at radius 1 is 1.19 bits per heavy atom. The summed E-state index contributed by atoms with van der Waals surface area (Å²) in [5.74, 6) is -1.16. The molecule has 1 aliphatic heterocycles. The van der Waals surface area contributed by atoms with E-state index in [1.807, 2.05) is 31.2 Å². The normalized spacial score (nSPS) is 31.9. The summed E-state index contributed by atoms with van der Waals surface area (Å²) in [6.07, 6.45) is 0.635. The summed E-state index contributed by atoms with van der Waals surface area (Å²) in [5, 5.41) is 0. The quantitative estimate of drug-likeness (QED) is 0.489. The Hall–Kier alpha value is -1.64. The molecule has 0 N–H and O–H groups in total. The third-order valence-electron chi connectivity index (χ3n) is 3.73. The minimum atomic E-state index is -0.351. The molecule has 1 heterocycles. The van der Waals surface area contributed by atoms with Crippen molar-refractivity contribution in [3.05, 3.63) is 35.4 Å². The van der Waals surface area contributed by atoms with Gasteiger partial charge in [0, 0.05) is 0 Å². The third kappa shape index (κ3) is 1.14. The van der Waals surface area contributed by atoms with Crippen LogP contribution < -0.4 is 0 Å². The highest BCUT2D eigenvalue weighted by Crippen LogP contribution is 2.43. The summed E-state index contributed by atoms with van der Waals surface area (Å²) < 4.78 is 4.73. The number of carbonyl (C=O) groups is 2. The highest BCUT2D eigenvalue weighted by molar-refractivity contribution is 5.97. The van der Waals surface area contributed by atoms with Gasteiger partial charge in [-0.1, -0.05) is 31.2 Å². The lowest BCUT2D eigenvalue weighted by Crippen LogP contribution is -2.30. The first-order valence-electron chi connectivity index (χ1n) is 5.52. The van der Waals surface area contributed by atoms with Crippen molar-refractivity contribution in [2.45, 2.75) is 19.3 Å². The Labute approximate surface area is 93.4 Å². The molecule has 1 saturated heterocycles. The summed E-state index contributed by atoms with van der Waals surface area (Å²) >= 11 is 0. The topological polar surface area (TPSA) is 43.4 Å². The second-order valence-electron chi connectivity index (χ2n) is 4.56. The number of benzene rings is 1. The molecule has 1 aromatic rings. The van der Waals surface area contributed by atoms with Crippen molar-refractivity contribution in [2.24, 2.45) is 11.8 Å². The number of esters is 2. The maximum absolute atomic E-state index is 11.6. The summed E-state index contributed by atoms with van der Waals surface area (Å²) in [7, 11) is 0. The molecule has 3 heteroatoms. The standard InChI is InChI=1S/C13H12O3/c1-7-9-5-3-2-4-8(9)6-10-11(7)13(15)16-12(10)14/h2-5,7,10-11H,6H2,1H3/t7?,10-,11+/m0/s1. The predicted molar refractivity (Wildman–Crippen MR) is 56.6 cm³/mol. The number of ether oxygens (including phenoxy) is 1. The van der Waals surface area contributed by atoms with E-state index in [2.05, 4.69) is 0 Å². The first kappa shape index (κ1) is 9.58. The summed E-state index contributed by atoms with van der Waals surface area (Å²) in [5.41, 5.74) is 2.35.